The third-order valence-corrected chi connectivity index (χ3v) is 5.70. The van der Waals surface area contributed by atoms with Crippen LogP contribution in [0.5, 0.6) is 0 Å². The number of halogens is 3. The highest BCUT2D eigenvalue weighted by molar-refractivity contribution is 6.34. The van der Waals surface area contributed by atoms with Crippen LogP contribution in [0, 0.1) is 6.92 Å². The van der Waals surface area contributed by atoms with Crippen LogP contribution in [0.1, 0.15) is 25.1 Å². The number of imidazole rings is 1. The van der Waals surface area contributed by atoms with Crippen molar-refractivity contribution in [1.82, 2.24) is 19.5 Å². The quantitative estimate of drug-likeness (QED) is 0.620. The highest BCUT2D eigenvalue weighted by Crippen LogP contribution is 2.68. The van der Waals surface area contributed by atoms with E-state index in [1.807, 2.05) is 28.8 Å². The van der Waals surface area contributed by atoms with Gasteiger partial charge in [-0.2, -0.15) is 0 Å². The summed E-state index contributed by atoms with van der Waals surface area (Å²) in [5.74, 6) is 1.25. The van der Waals surface area contributed by atoms with Crippen LogP contribution < -0.4 is 0 Å². The van der Waals surface area contributed by atoms with Gasteiger partial charge in [-0.3, -0.25) is 0 Å². The summed E-state index contributed by atoms with van der Waals surface area (Å²) in [7, 11) is 0. The smallest absolute Gasteiger partial charge is 0.166 e. The lowest BCUT2D eigenvalue weighted by atomic mass is 9.47. The molecule has 0 atom stereocenters. The average molecular weight is 363 g/mol. The van der Waals surface area contributed by atoms with E-state index in [1.54, 1.807) is 6.92 Å². The summed E-state index contributed by atoms with van der Waals surface area (Å²) in [6.45, 7) is 1.79. The molecule has 0 spiro atoms. The SMILES string of the molecule is Cc1nc(Cl)c2nc(-c3ccccc3Cl)n(C34CC(F)(C3)C4)c2n1. The number of fused-ring (bicyclic) bond motifs is 1. The van der Waals surface area contributed by atoms with Gasteiger partial charge in [-0.05, 0) is 19.1 Å². The van der Waals surface area contributed by atoms with E-state index in [0.29, 0.717) is 52.3 Å². The Hall–Kier alpha value is -1.72. The molecule has 7 heteroatoms. The summed E-state index contributed by atoms with van der Waals surface area (Å²) in [5, 5.41) is 0.905. The number of benzene rings is 1. The van der Waals surface area contributed by atoms with Crippen molar-refractivity contribution in [2.75, 3.05) is 0 Å². The van der Waals surface area contributed by atoms with Gasteiger partial charge in [-0.15, -0.1) is 0 Å². The molecule has 3 fully saturated rings. The van der Waals surface area contributed by atoms with Crippen LogP contribution in [0.2, 0.25) is 10.2 Å². The fourth-order valence-electron chi connectivity index (χ4n) is 4.15. The van der Waals surface area contributed by atoms with Crippen LogP contribution in [0.15, 0.2) is 24.3 Å². The van der Waals surface area contributed by atoms with Gasteiger partial charge in [0.2, 0.25) is 0 Å². The van der Waals surface area contributed by atoms with Crippen LogP contribution in [0.3, 0.4) is 0 Å². The van der Waals surface area contributed by atoms with Gasteiger partial charge in [0.15, 0.2) is 10.8 Å². The lowest BCUT2D eigenvalue weighted by molar-refractivity contribution is -0.195. The Labute approximate surface area is 147 Å². The van der Waals surface area contributed by atoms with Gasteiger partial charge >= 0.3 is 0 Å². The zero-order chi connectivity index (χ0) is 16.7. The zero-order valence-electron chi connectivity index (χ0n) is 12.9. The monoisotopic (exact) mass is 362 g/mol. The van der Waals surface area contributed by atoms with Gasteiger partial charge in [-0.25, -0.2) is 19.3 Å². The Morgan fingerprint density at radius 2 is 1.79 bits per heavy atom. The molecule has 4 nitrogen and oxygen atoms in total. The van der Waals surface area contributed by atoms with Crippen molar-refractivity contribution in [3.05, 3.63) is 40.3 Å². The largest absolute Gasteiger partial charge is 0.302 e. The van der Waals surface area contributed by atoms with Crippen LogP contribution >= 0.6 is 23.2 Å². The molecular weight excluding hydrogens is 350 g/mol. The molecule has 0 saturated heterocycles. The van der Waals surface area contributed by atoms with Crippen molar-refractivity contribution in [3.8, 4) is 11.4 Å². The third kappa shape index (κ3) is 1.77. The lowest BCUT2D eigenvalue weighted by Crippen LogP contribution is -2.70. The van der Waals surface area contributed by atoms with E-state index in [1.165, 1.54) is 0 Å². The Balaban J connectivity index is 1.84. The number of rotatable bonds is 2. The molecule has 1 aromatic carbocycles. The predicted molar refractivity (Wildman–Crippen MR) is 91.2 cm³/mol. The van der Waals surface area contributed by atoms with Crippen molar-refractivity contribution >= 4 is 34.4 Å². The van der Waals surface area contributed by atoms with Crippen molar-refractivity contribution in [1.29, 1.82) is 0 Å². The molecule has 3 aliphatic rings. The Bertz CT molecular complexity index is 993. The van der Waals surface area contributed by atoms with Crippen LogP contribution in [-0.2, 0) is 5.54 Å². The first-order valence-corrected chi connectivity index (χ1v) is 8.53. The molecule has 122 valence electrons. The molecule has 2 aromatic heterocycles. The molecule has 0 amide bonds. The van der Waals surface area contributed by atoms with E-state index in [4.69, 9.17) is 23.2 Å². The second-order valence-electron chi connectivity index (χ2n) is 6.89. The van der Waals surface area contributed by atoms with Crippen molar-refractivity contribution in [2.24, 2.45) is 0 Å². The van der Waals surface area contributed by atoms with Crippen molar-refractivity contribution in [3.63, 3.8) is 0 Å². The topological polar surface area (TPSA) is 43.6 Å². The maximum Gasteiger partial charge on any atom is 0.166 e. The first-order chi connectivity index (χ1) is 11.4. The molecule has 0 N–H and O–H groups in total. The van der Waals surface area contributed by atoms with Gasteiger partial charge in [0.05, 0.1) is 10.6 Å². The number of hydrogen-bond acceptors (Lipinski definition) is 3. The van der Waals surface area contributed by atoms with Gasteiger partial charge < -0.3 is 4.57 Å². The molecule has 2 bridgehead atoms. The minimum absolute atomic E-state index is 0.276. The second-order valence-corrected chi connectivity index (χ2v) is 7.66. The minimum atomic E-state index is -1.03. The zero-order valence-corrected chi connectivity index (χ0v) is 14.4. The van der Waals surface area contributed by atoms with E-state index in [0.717, 1.165) is 5.56 Å². The summed E-state index contributed by atoms with van der Waals surface area (Å²) in [6.07, 6.45) is 1.47. The fraction of sp³-hybridized carbons (Fsp3) is 0.353. The number of aromatic nitrogens is 4. The number of nitrogens with zero attached hydrogens (tertiary/aromatic N) is 4. The van der Waals surface area contributed by atoms with Crippen LogP contribution in [0.4, 0.5) is 4.39 Å². The van der Waals surface area contributed by atoms with Gasteiger partial charge in [0.25, 0.3) is 0 Å². The van der Waals surface area contributed by atoms with E-state index < -0.39 is 5.67 Å². The summed E-state index contributed by atoms with van der Waals surface area (Å²) in [4.78, 5) is 13.4. The first-order valence-electron chi connectivity index (χ1n) is 7.78. The molecule has 24 heavy (non-hydrogen) atoms. The summed E-state index contributed by atoms with van der Waals surface area (Å²) >= 11 is 12.7. The minimum Gasteiger partial charge on any atom is -0.302 e. The maximum absolute atomic E-state index is 14.2. The Morgan fingerprint density at radius 1 is 1.08 bits per heavy atom. The van der Waals surface area contributed by atoms with E-state index in [-0.39, 0.29) is 5.54 Å². The first kappa shape index (κ1) is 14.6. The number of aryl methyl sites for hydroxylation is 1. The third-order valence-electron chi connectivity index (χ3n) is 5.10. The Morgan fingerprint density at radius 3 is 2.46 bits per heavy atom. The molecule has 6 rings (SSSR count). The van der Waals surface area contributed by atoms with E-state index in [9.17, 15) is 4.39 Å². The van der Waals surface area contributed by atoms with Crippen LogP contribution in [-0.4, -0.2) is 25.2 Å². The molecule has 3 aliphatic carbocycles. The standard InChI is InChI=1S/C17H13Cl2FN4/c1-9-21-13(19)12-15(22-9)24(17-6-16(20,7-17)8-17)14(23-12)10-4-2-3-5-11(10)18/h2-5H,6-8H2,1H3. The molecule has 3 aromatic rings. The summed E-state index contributed by atoms with van der Waals surface area (Å²) in [5.41, 5.74) is 0.685. The number of hydrogen-bond donors (Lipinski definition) is 0. The van der Waals surface area contributed by atoms with Gasteiger partial charge in [0, 0.05) is 24.8 Å². The predicted octanol–water partition coefficient (Wildman–Crippen LogP) is 4.71. The fourth-order valence-corrected chi connectivity index (χ4v) is 4.62. The molecule has 2 heterocycles. The average Bonchev–Trinajstić information content (AvgIpc) is 2.83. The highest BCUT2D eigenvalue weighted by atomic mass is 35.5. The molecule has 0 radical (unpaired) electrons. The van der Waals surface area contributed by atoms with Crippen molar-refractivity contribution < 1.29 is 4.39 Å². The lowest BCUT2D eigenvalue weighted by Gasteiger charge is -2.66. The number of alkyl halides is 1. The molecular formula is C17H13Cl2FN4. The highest BCUT2D eigenvalue weighted by Gasteiger charge is 2.71. The maximum atomic E-state index is 14.2. The summed E-state index contributed by atoms with van der Waals surface area (Å²) in [6, 6.07) is 7.50. The van der Waals surface area contributed by atoms with E-state index >= 15 is 0 Å². The van der Waals surface area contributed by atoms with Crippen molar-refractivity contribution in [2.45, 2.75) is 37.4 Å². The Kier molecular flexibility index (Phi) is 2.72. The molecule has 0 unspecified atom stereocenters. The van der Waals surface area contributed by atoms with E-state index in [2.05, 4.69) is 15.0 Å². The second kappa shape index (κ2) is 4.46. The van der Waals surface area contributed by atoms with Gasteiger partial charge in [0.1, 0.15) is 22.8 Å². The summed E-state index contributed by atoms with van der Waals surface area (Å²) < 4.78 is 16.2. The van der Waals surface area contributed by atoms with Gasteiger partial charge in [-0.1, -0.05) is 35.3 Å². The normalized spacial score (nSPS) is 27.8. The molecule has 0 aliphatic heterocycles. The molecule has 3 saturated carbocycles. The van der Waals surface area contributed by atoms with Crippen LogP contribution in [0.25, 0.3) is 22.6 Å².